The van der Waals surface area contributed by atoms with Crippen molar-refractivity contribution in [2.75, 3.05) is 0 Å². The lowest BCUT2D eigenvalue weighted by atomic mass is 10.3. The summed E-state index contributed by atoms with van der Waals surface area (Å²) < 4.78 is 5.30. The molecule has 19 heavy (non-hydrogen) atoms. The number of ether oxygens (including phenoxy) is 1. The van der Waals surface area contributed by atoms with Crippen molar-refractivity contribution >= 4 is 23.6 Å². The molecule has 0 spiro atoms. The minimum atomic E-state index is -0.578. The summed E-state index contributed by atoms with van der Waals surface area (Å²) in [6, 6.07) is 6.90. The van der Waals surface area contributed by atoms with Gasteiger partial charge in [0.25, 0.3) is 0 Å². The maximum absolute atomic E-state index is 10.8. The number of nitro groups is 1. The van der Waals surface area contributed by atoms with Crippen LogP contribution in [0.5, 0.6) is 11.6 Å². The molecule has 0 saturated carbocycles. The van der Waals surface area contributed by atoms with E-state index in [9.17, 15) is 14.9 Å². The van der Waals surface area contributed by atoms with Crippen molar-refractivity contribution in [3.05, 3.63) is 57.2 Å². The predicted octanol–water partition coefficient (Wildman–Crippen LogP) is 3.25. The Labute approximate surface area is 112 Å². The number of pyridine rings is 1. The van der Waals surface area contributed by atoms with E-state index in [0.29, 0.717) is 16.9 Å². The molecule has 0 aliphatic heterocycles. The number of rotatable bonds is 4. The van der Waals surface area contributed by atoms with Gasteiger partial charge in [-0.05, 0) is 12.1 Å². The van der Waals surface area contributed by atoms with Crippen molar-refractivity contribution in [1.29, 1.82) is 0 Å². The average Bonchev–Trinajstić information content (AvgIpc) is 2.39. The molecule has 1 aromatic heterocycles. The molecule has 7 heteroatoms. The Morgan fingerprint density at radius 3 is 2.68 bits per heavy atom. The minimum absolute atomic E-state index is 0.0103. The van der Waals surface area contributed by atoms with E-state index in [2.05, 4.69) is 4.98 Å². The molecule has 0 aliphatic rings. The van der Waals surface area contributed by atoms with Gasteiger partial charge in [-0.2, -0.15) is 0 Å². The van der Waals surface area contributed by atoms with Gasteiger partial charge in [-0.3, -0.25) is 14.9 Å². The number of carbonyl (C=O) groups is 1. The molecule has 2 aromatic rings. The number of halogens is 1. The fraction of sp³-hybridized carbons (Fsp3) is 0. The molecule has 1 heterocycles. The zero-order valence-corrected chi connectivity index (χ0v) is 10.2. The molecule has 0 amide bonds. The summed E-state index contributed by atoms with van der Waals surface area (Å²) in [5, 5.41) is 11.1. The predicted molar refractivity (Wildman–Crippen MR) is 67.8 cm³/mol. The van der Waals surface area contributed by atoms with E-state index in [1.807, 2.05) is 0 Å². The van der Waals surface area contributed by atoms with E-state index in [4.69, 9.17) is 16.3 Å². The number of benzene rings is 1. The Balaban J connectivity index is 2.33. The van der Waals surface area contributed by atoms with E-state index >= 15 is 0 Å². The highest BCUT2D eigenvalue weighted by Gasteiger charge is 2.16. The third kappa shape index (κ3) is 3.05. The largest absolute Gasteiger partial charge is 0.432 e. The van der Waals surface area contributed by atoms with Crippen LogP contribution in [0.2, 0.25) is 5.02 Å². The fourth-order valence-electron chi connectivity index (χ4n) is 1.36. The van der Waals surface area contributed by atoms with Crippen LogP contribution in [-0.4, -0.2) is 16.2 Å². The van der Waals surface area contributed by atoms with Gasteiger partial charge < -0.3 is 4.74 Å². The second kappa shape index (κ2) is 5.45. The van der Waals surface area contributed by atoms with Gasteiger partial charge in [0, 0.05) is 35.0 Å². The van der Waals surface area contributed by atoms with Crippen LogP contribution in [0.25, 0.3) is 0 Å². The van der Waals surface area contributed by atoms with Crippen molar-refractivity contribution in [2.45, 2.75) is 0 Å². The SMILES string of the molecule is O=Cc1ccc(Oc2cc(Cl)ccc2[N+](=O)[O-])nc1. The molecule has 0 aliphatic carbocycles. The molecule has 0 unspecified atom stereocenters. The number of nitro benzene ring substituents is 1. The lowest BCUT2D eigenvalue weighted by molar-refractivity contribution is -0.385. The minimum Gasteiger partial charge on any atom is -0.432 e. The van der Waals surface area contributed by atoms with Crippen LogP contribution in [0.1, 0.15) is 10.4 Å². The highest BCUT2D eigenvalue weighted by Crippen LogP contribution is 2.32. The van der Waals surface area contributed by atoms with Crippen LogP contribution < -0.4 is 4.74 Å². The summed E-state index contributed by atoms with van der Waals surface area (Å²) in [7, 11) is 0. The van der Waals surface area contributed by atoms with Crippen molar-refractivity contribution in [3.8, 4) is 11.6 Å². The van der Waals surface area contributed by atoms with Crippen LogP contribution in [0.3, 0.4) is 0 Å². The Kier molecular flexibility index (Phi) is 3.72. The van der Waals surface area contributed by atoms with Gasteiger partial charge in [0.05, 0.1) is 4.92 Å². The maximum atomic E-state index is 10.8. The number of carbonyl (C=O) groups excluding carboxylic acids is 1. The molecule has 0 atom stereocenters. The summed E-state index contributed by atoms with van der Waals surface area (Å²) in [4.78, 5) is 24.6. The number of aromatic nitrogens is 1. The summed E-state index contributed by atoms with van der Waals surface area (Å²) in [6.45, 7) is 0. The third-order valence-electron chi connectivity index (χ3n) is 2.23. The van der Waals surface area contributed by atoms with E-state index in [1.165, 1.54) is 36.5 Å². The zero-order valence-electron chi connectivity index (χ0n) is 9.45. The summed E-state index contributed by atoms with van der Waals surface area (Å²) >= 11 is 5.77. The smallest absolute Gasteiger partial charge is 0.311 e. The van der Waals surface area contributed by atoms with Crippen LogP contribution in [-0.2, 0) is 0 Å². The van der Waals surface area contributed by atoms with Gasteiger partial charge in [-0.1, -0.05) is 11.6 Å². The fourth-order valence-corrected chi connectivity index (χ4v) is 1.52. The van der Waals surface area contributed by atoms with Gasteiger partial charge in [-0.25, -0.2) is 4.98 Å². The number of nitrogens with zero attached hydrogens (tertiary/aromatic N) is 2. The molecule has 6 nitrogen and oxygen atoms in total. The van der Waals surface area contributed by atoms with Crippen LogP contribution in [0.15, 0.2) is 36.5 Å². The first-order valence-electron chi connectivity index (χ1n) is 5.13. The first-order chi connectivity index (χ1) is 9.10. The van der Waals surface area contributed by atoms with Gasteiger partial charge >= 0.3 is 5.69 Å². The molecule has 2 rings (SSSR count). The van der Waals surface area contributed by atoms with Crippen molar-refractivity contribution < 1.29 is 14.5 Å². The second-order valence-corrected chi connectivity index (χ2v) is 3.96. The quantitative estimate of drug-likeness (QED) is 0.487. The van der Waals surface area contributed by atoms with Crippen LogP contribution >= 0.6 is 11.6 Å². The number of aldehydes is 1. The molecule has 0 bridgehead atoms. The average molecular weight is 279 g/mol. The molecular weight excluding hydrogens is 272 g/mol. The molecule has 0 fully saturated rings. The number of hydrogen-bond acceptors (Lipinski definition) is 5. The second-order valence-electron chi connectivity index (χ2n) is 3.52. The highest BCUT2D eigenvalue weighted by atomic mass is 35.5. The first-order valence-corrected chi connectivity index (χ1v) is 5.51. The van der Waals surface area contributed by atoms with Crippen molar-refractivity contribution in [1.82, 2.24) is 4.98 Å². The normalized spacial score (nSPS) is 9.95. The number of hydrogen-bond donors (Lipinski definition) is 0. The van der Waals surface area contributed by atoms with E-state index in [0.717, 1.165) is 0 Å². The third-order valence-corrected chi connectivity index (χ3v) is 2.46. The van der Waals surface area contributed by atoms with E-state index < -0.39 is 4.92 Å². The van der Waals surface area contributed by atoms with E-state index in [-0.39, 0.29) is 17.3 Å². The molecule has 1 aromatic carbocycles. The summed E-state index contributed by atoms with van der Waals surface area (Å²) in [5.41, 5.74) is 0.165. The standard InChI is InChI=1S/C12H7ClN2O4/c13-9-2-3-10(15(17)18)11(5-9)19-12-4-1-8(7-16)6-14-12/h1-7H. The van der Waals surface area contributed by atoms with Gasteiger partial charge in [0.15, 0.2) is 6.29 Å². The molecule has 96 valence electrons. The van der Waals surface area contributed by atoms with Gasteiger partial charge in [0.2, 0.25) is 11.6 Å². The van der Waals surface area contributed by atoms with Crippen molar-refractivity contribution in [2.24, 2.45) is 0 Å². The maximum Gasteiger partial charge on any atom is 0.311 e. The topological polar surface area (TPSA) is 82.3 Å². The Morgan fingerprint density at radius 1 is 1.32 bits per heavy atom. The first kappa shape index (κ1) is 13.0. The van der Waals surface area contributed by atoms with Crippen molar-refractivity contribution in [3.63, 3.8) is 0 Å². The monoisotopic (exact) mass is 278 g/mol. The summed E-state index contributed by atoms with van der Waals surface area (Å²) in [5.74, 6) is 0.125. The summed E-state index contributed by atoms with van der Waals surface area (Å²) in [6.07, 6.45) is 1.94. The van der Waals surface area contributed by atoms with E-state index in [1.54, 1.807) is 0 Å². The van der Waals surface area contributed by atoms with Crippen LogP contribution in [0.4, 0.5) is 5.69 Å². The lowest BCUT2D eigenvalue weighted by Gasteiger charge is -2.05. The molecule has 0 radical (unpaired) electrons. The lowest BCUT2D eigenvalue weighted by Crippen LogP contribution is -1.95. The Morgan fingerprint density at radius 2 is 2.11 bits per heavy atom. The zero-order chi connectivity index (χ0) is 13.8. The van der Waals surface area contributed by atoms with Gasteiger partial charge in [-0.15, -0.1) is 0 Å². The van der Waals surface area contributed by atoms with Crippen LogP contribution in [0, 0.1) is 10.1 Å². The molecule has 0 N–H and O–H groups in total. The molecular formula is C12H7ClN2O4. The van der Waals surface area contributed by atoms with Gasteiger partial charge in [0.1, 0.15) is 0 Å². The highest BCUT2D eigenvalue weighted by molar-refractivity contribution is 6.30. The Bertz CT molecular complexity index is 628. The Hall–Kier alpha value is -2.47. The molecule has 0 saturated heterocycles.